The van der Waals surface area contributed by atoms with E-state index in [1.807, 2.05) is 18.2 Å². The molecule has 8 nitrogen and oxygen atoms in total. The van der Waals surface area contributed by atoms with E-state index in [0.29, 0.717) is 22.2 Å². The van der Waals surface area contributed by atoms with E-state index in [-0.39, 0.29) is 11.7 Å². The highest BCUT2D eigenvalue weighted by Crippen LogP contribution is 2.29. The fourth-order valence-corrected chi connectivity index (χ4v) is 4.23. The first-order valence-corrected chi connectivity index (χ1v) is 11.7. The maximum Gasteiger partial charge on any atom is 0.234 e. The fraction of sp³-hybridized carbons (Fsp3) is 0.292. The Labute approximate surface area is 197 Å². The van der Waals surface area contributed by atoms with Crippen LogP contribution in [-0.2, 0) is 4.79 Å². The fourth-order valence-electron chi connectivity index (χ4n) is 3.62. The lowest BCUT2D eigenvalue weighted by atomic mass is 10.2. The van der Waals surface area contributed by atoms with Gasteiger partial charge in [-0.05, 0) is 36.4 Å². The average molecular weight is 466 g/mol. The Kier molecular flexibility index (Phi) is 7.51. The number of carbonyl (C=O) groups excluding carboxylic acids is 1. The Hall–Kier alpha value is -3.46. The highest BCUT2D eigenvalue weighted by molar-refractivity contribution is 7.99. The normalized spacial score (nSPS) is 13.5. The number of anilines is 3. The van der Waals surface area contributed by atoms with Crippen LogP contribution in [0.1, 0.15) is 0 Å². The van der Waals surface area contributed by atoms with Gasteiger partial charge < -0.3 is 24.6 Å². The van der Waals surface area contributed by atoms with Gasteiger partial charge in [0.2, 0.25) is 5.91 Å². The van der Waals surface area contributed by atoms with Crippen LogP contribution in [0.3, 0.4) is 0 Å². The molecule has 0 unspecified atom stereocenters. The lowest BCUT2D eigenvalue weighted by molar-refractivity contribution is -0.113. The van der Waals surface area contributed by atoms with E-state index >= 15 is 0 Å². The van der Waals surface area contributed by atoms with Gasteiger partial charge in [0, 0.05) is 37.9 Å². The van der Waals surface area contributed by atoms with Crippen LogP contribution in [0.5, 0.6) is 11.5 Å². The second-order valence-corrected chi connectivity index (χ2v) is 8.44. The maximum absolute atomic E-state index is 12.4. The largest absolute Gasteiger partial charge is 0.497 e. The van der Waals surface area contributed by atoms with E-state index in [1.54, 1.807) is 32.4 Å². The number of aromatic nitrogens is 2. The minimum Gasteiger partial charge on any atom is -0.497 e. The summed E-state index contributed by atoms with van der Waals surface area (Å²) in [5.41, 5.74) is 1.85. The van der Waals surface area contributed by atoms with E-state index in [0.717, 1.165) is 32.0 Å². The molecule has 0 saturated carbocycles. The number of hydrogen-bond donors (Lipinski definition) is 1. The molecule has 0 aliphatic carbocycles. The Morgan fingerprint density at radius 3 is 2.36 bits per heavy atom. The Balaban J connectivity index is 1.26. The quantitative estimate of drug-likeness (QED) is 0.506. The molecule has 1 N–H and O–H groups in total. The molecule has 1 aliphatic heterocycles. The zero-order valence-electron chi connectivity index (χ0n) is 18.7. The second-order valence-electron chi connectivity index (χ2n) is 7.44. The number of ether oxygens (including phenoxy) is 2. The summed E-state index contributed by atoms with van der Waals surface area (Å²) < 4.78 is 10.5. The standard InChI is InChI=1S/C24H27N5O3S/c1-31-19-8-9-20(21(16-19)32-2)25-23(30)17-33-24-11-10-22(26-27-24)29-14-12-28(13-15-29)18-6-4-3-5-7-18/h3-11,16H,12-15,17H2,1-2H3,(H,25,30). The number of thioether (sulfide) groups is 1. The zero-order chi connectivity index (χ0) is 23.0. The lowest BCUT2D eigenvalue weighted by Gasteiger charge is -2.36. The summed E-state index contributed by atoms with van der Waals surface area (Å²) in [7, 11) is 3.14. The smallest absolute Gasteiger partial charge is 0.234 e. The number of nitrogens with zero attached hydrogens (tertiary/aromatic N) is 4. The Morgan fingerprint density at radius 1 is 0.939 bits per heavy atom. The van der Waals surface area contributed by atoms with Gasteiger partial charge in [-0.3, -0.25) is 4.79 Å². The highest BCUT2D eigenvalue weighted by atomic mass is 32.2. The van der Waals surface area contributed by atoms with Gasteiger partial charge in [-0.1, -0.05) is 30.0 Å². The molecule has 172 valence electrons. The molecule has 1 saturated heterocycles. The number of nitrogens with one attached hydrogen (secondary N) is 1. The van der Waals surface area contributed by atoms with Gasteiger partial charge >= 0.3 is 0 Å². The average Bonchev–Trinajstić information content (AvgIpc) is 2.88. The first-order chi connectivity index (χ1) is 16.2. The van der Waals surface area contributed by atoms with Crippen LogP contribution in [-0.4, -0.2) is 62.3 Å². The number of hydrogen-bond acceptors (Lipinski definition) is 8. The van der Waals surface area contributed by atoms with Crippen LogP contribution < -0.4 is 24.6 Å². The van der Waals surface area contributed by atoms with Crippen molar-refractivity contribution in [2.75, 3.05) is 61.3 Å². The first kappa shape index (κ1) is 22.7. The molecule has 3 aromatic rings. The maximum atomic E-state index is 12.4. The van der Waals surface area contributed by atoms with Gasteiger partial charge in [-0.2, -0.15) is 0 Å². The third-order valence-electron chi connectivity index (χ3n) is 5.38. The van der Waals surface area contributed by atoms with E-state index < -0.39 is 0 Å². The summed E-state index contributed by atoms with van der Waals surface area (Å²) in [4.78, 5) is 17.0. The minimum absolute atomic E-state index is 0.147. The van der Waals surface area contributed by atoms with E-state index in [2.05, 4.69) is 49.6 Å². The third-order valence-corrected chi connectivity index (χ3v) is 6.30. The molecule has 2 aromatic carbocycles. The number of methoxy groups -OCH3 is 2. The monoisotopic (exact) mass is 465 g/mol. The van der Waals surface area contributed by atoms with E-state index in [9.17, 15) is 4.79 Å². The van der Waals surface area contributed by atoms with Crippen molar-refractivity contribution in [3.63, 3.8) is 0 Å². The predicted molar refractivity (Wildman–Crippen MR) is 132 cm³/mol. The van der Waals surface area contributed by atoms with Crippen molar-refractivity contribution in [1.29, 1.82) is 0 Å². The van der Waals surface area contributed by atoms with E-state index in [1.165, 1.54) is 17.4 Å². The van der Waals surface area contributed by atoms with Crippen LogP contribution in [0.4, 0.5) is 17.2 Å². The molecule has 33 heavy (non-hydrogen) atoms. The molecule has 0 bridgehead atoms. The topological polar surface area (TPSA) is 79.8 Å². The Bertz CT molecular complexity index is 1060. The molecule has 1 aliphatic rings. The zero-order valence-corrected chi connectivity index (χ0v) is 19.5. The highest BCUT2D eigenvalue weighted by Gasteiger charge is 2.18. The van der Waals surface area contributed by atoms with Gasteiger partial charge in [0.25, 0.3) is 0 Å². The molecule has 0 spiro atoms. The number of piperazine rings is 1. The number of amides is 1. The molecular weight excluding hydrogens is 438 g/mol. The molecular formula is C24H27N5O3S. The van der Waals surface area contributed by atoms with Crippen molar-refractivity contribution in [3.05, 3.63) is 60.7 Å². The van der Waals surface area contributed by atoms with Crippen molar-refractivity contribution in [2.24, 2.45) is 0 Å². The van der Waals surface area contributed by atoms with Crippen LogP contribution >= 0.6 is 11.8 Å². The van der Waals surface area contributed by atoms with Gasteiger partial charge in [0.1, 0.15) is 16.5 Å². The van der Waals surface area contributed by atoms with Gasteiger partial charge in [-0.15, -0.1) is 10.2 Å². The molecule has 0 atom stereocenters. The summed E-state index contributed by atoms with van der Waals surface area (Å²) in [6.07, 6.45) is 0. The second kappa shape index (κ2) is 10.9. The van der Waals surface area contributed by atoms with Crippen molar-refractivity contribution in [1.82, 2.24) is 10.2 Å². The Morgan fingerprint density at radius 2 is 1.70 bits per heavy atom. The lowest BCUT2D eigenvalue weighted by Crippen LogP contribution is -2.46. The van der Waals surface area contributed by atoms with Crippen molar-refractivity contribution in [2.45, 2.75) is 5.03 Å². The molecule has 1 amide bonds. The summed E-state index contributed by atoms with van der Waals surface area (Å²) in [5.74, 6) is 2.14. The molecule has 1 aromatic heterocycles. The molecule has 2 heterocycles. The first-order valence-electron chi connectivity index (χ1n) is 10.7. The minimum atomic E-state index is -0.147. The number of rotatable bonds is 8. The van der Waals surface area contributed by atoms with Gasteiger partial charge in [0.05, 0.1) is 25.7 Å². The predicted octanol–water partition coefficient (Wildman–Crippen LogP) is 3.55. The van der Waals surface area contributed by atoms with Crippen molar-refractivity contribution >= 4 is 34.9 Å². The van der Waals surface area contributed by atoms with Crippen LogP contribution in [0.2, 0.25) is 0 Å². The van der Waals surface area contributed by atoms with Crippen LogP contribution in [0.15, 0.2) is 65.7 Å². The van der Waals surface area contributed by atoms with Crippen molar-refractivity contribution < 1.29 is 14.3 Å². The van der Waals surface area contributed by atoms with Gasteiger partial charge in [0.15, 0.2) is 5.82 Å². The van der Waals surface area contributed by atoms with Crippen LogP contribution in [0.25, 0.3) is 0 Å². The number of benzene rings is 2. The number of para-hydroxylation sites is 1. The summed E-state index contributed by atoms with van der Waals surface area (Å²) in [6.45, 7) is 3.67. The van der Waals surface area contributed by atoms with E-state index in [4.69, 9.17) is 9.47 Å². The third kappa shape index (κ3) is 5.87. The molecule has 4 rings (SSSR count). The summed E-state index contributed by atoms with van der Waals surface area (Å²) in [6, 6.07) is 19.6. The summed E-state index contributed by atoms with van der Waals surface area (Å²) >= 11 is 1.34. The van der Waals surface area contributed by atoms with Gasteiger partial charge in [-0.25, -0.2) is 0 Å². The summed E-state index contributed by atoms with van der Waals surface area (Å²) in [5, 5.41) is 12.3. The van der Waals surface area contributed by atoms with Crippen LogP contribution in [0, 0.1) is 0 Å². The number of carbonyl (C=O) groups is 1. The van der Waals surface area contributed by atoms with Crippen molar-refractivity contribution in [3.8, 4) is 11.5 Å². The molecule has 0 radical (unpaired) electrons. The SMILES string of the molecule is COc1ccc(NC(=O)CSc2ccc(N3CCN(c4ccccc4)CC3)nn2)c(OC)c1. The molecule has 1 fully saturated rings. The molecule has 9 heteroatoms.